The lowest BCUT2D eigenvalue weighted by Gasteiger charge is -2.36. The monoisotopic (exact) mass is 376 g/mol. The van der Waals surface area contributed by atoms with Crippen LogP contribution in [-0.4, -0.2) is 56.3 Å². The van der Waals surface area contributed by atoms with Crippen molar-refractivity contribution >= 4 is 11.6 Å². The van der Waals surface area contributed by atoms with Crippen LogP contribution in [0.2, 0.25) is 0 Å². The van der Waals surface area contributed by atoms with E-state index in [0.29, 0.717) is 18.4 Å². The van der Waals surface area contributed by atoms with Gasteiger partial charge in [-0.25, -0.2) is 4.39 Å². The van der Waals surface area contributed by atoms with Gasteiger partial charge >= 0.3 is 0 Å². The predicted octanol–water partition coefficient (Wildman–Crippen LogP) is 3.08. The molecule has 1 aromatic rings. The number of nitrogens with zero attached hydrogens (tertiary/aromatic N) is 2. The average molecular weight is 376 g/mol. The van der Waals surface area contributed by atoms with Crippen molar-refractivity contribution < 1.29 is 18.7 Å². The molecule has 0 aromatic heterocycles. The summed E-state index contributed by atoms with van der Waals surface area (Å²) in [5.41, 5.74) is 0.285. The molecule has 0 bridgehead atoms. The van der Waals surface area contributed by atoms with Gasteiger partial charge < -0.3 is 19.3 Å². The van der Waals surface area contributed by atoms with E-state index in [1.807, 2.05) is 0 Å². The third-order valence-corrected chi connectivity index (χ3v) is 5.74. The first-order valence-corrected chi connectivity index (χ1v) is 10.2. The summed E-state index contributed by atoms with van der Waals surface area (Å²) in [7, 11) is 0. The highest BCUT2D eigenvalue weighted by Gasteiger charge is 2.30. The Morgan fingerprint density at radius 2 is 2.00 bits per heavy atom. The van der Waals surface area contributed by atoms with Crippen LogP contribution in [0.5, 0.6) is 5.75 Å². The number of hydrogen-bond donors (Lipinski definition) is 0. The number of para-hydroxylation sites is 1. The quantitative estimate of drug-likeness (QED) is 0.733. The minimum absolute atomic E-state index is 0.0209. The van der Waals surface area contributed by atoms with Crippen LogP contribution in [0.25, 0.3) is 0 Å². The van der Waals surface area contributed by atoms with Crippen molar-refractivity contribution in [3.63, 3.8) is 0 Å². The number of piperidine rings is 1. The Kier molecular flexibility index (Phi) is 5.64. The molecule has 0 N–H and O–H groups in total. The van der Waals surface area contributed by atoms with Gasteiger partial charge in [0.2, 0.25) is 0 Å². The molecule has 0 spiro atoms. The van der Waals surface area contributed by atoms with E-state index in [1.165, 1.54) is 18.9 Å². The molecule has 1 aliphatic carbocycles. The minimum atomic E-state index is -0.402. The van der Waals surface area contributed by atoms with Crippen molar-refractivity contribution in [2.75, 3.05) is 44.3 Å². The fourth-order valence-corrected chi connectivity index (χ4v) is 4.03. The molecule has 2 aliphatic heterocycles. The summed E-state index contributed by atoms with van der Waals surface area (Å²) in [6.45, 7) is 6.51. The van der Waals surface area contributed by atoms with Gasteiger partial charge in [0, 0.05) is 32.8 Å². The minimum Gasteiger partial charge on any atom is -0.481 e. The van der Waals surface area contributed by atoms with Gasteiger partial charge in [-0.2, -0.15) is 0 Å². The first-order chi connectivity index (χ1) is 13.1. The van der Waals surface area contributed by atoms with Gasteiger partial charge in [0.1, 0.15) is 11.4 Å². The zero-order valence-corrected chi connectivity index (χ0v) is 16.0. The second kappa shape index (κ2) is 8.15. The predicted molar refractivity (Wildman–Crippen MR) is 102 cm³/mol. The van der Waals surface area contributed by atoms with E-state index in [-0.39, 0.29) is 24.1 Å². The normalized spacial score (nSPS) is 22.4. The second-order valence-corrected chi connectivity index (χ2v) is 8.26. The van der Waals surface area contributed by atoms with E-state index < -0.39 is 5.82 Å². The Bertz CT molecular complexity index is 671. The highest BCUT2D eigenvalue weighted by atomic mass is 19.1. The highest BCUT2D eigenvalue weighted by Crippen LogP contribution is 2.35. The van der Waals surface area contributed by atoms with Crippen molar-refractivity contribution in [1.29, 1.82) is 0 Å². The fraction of sp³-hybridized carbons (Fsp3) is 0.667. The molecule has 2 heterocycles. The molecule has 6 heteroatoms. The molecular weight excluding hydrogens is 347 g/mol. The van der Waals surface area contributed by atoms with Crippen molar-refractivity contribution in [2.45, 2.75) is 38.7 Å². The number of likely N-dealkylation sites (tertiary alicyclic amines) is 1. The molecular formula is C21H29FN2O3. The number of benzene rings is 1. The maximum absolute atomic E-state index is 14.3. The smallest absolute Gasteiger partial charge is 0.265 e. The molecule has 4 rings (SSSR count). The van der Waals surface area contributed by atoms with Crippen molar-refractivity contribution in [1.82, 2.24) is 4.90 Å². The van der Waals surface area contributed by atoms with Crippen LogP contribution in [0.3, 0.4) is 0 Å². The Labute approximate surface area is 160 Å². The SMILES string of the molecule is CC(CN1CCC(OCC2CC2)CC1)CN1C(=O)COc2cccc(F)c21. The molecule has 1 amide bonds. The first-order valence-electron chi connectivity index (χ1n) is 10.2. The van der Waals surface area contributed by atoms with E-state index in [4.69, 9.17) is 9.47 Å². The van der Waals surface area contributed by atoms with Crippen LogP contribution in [0.15, 0.2) is 18.2 Å². The molecule has 148 valence electrons. The van der Waals surface area contributed by atoms with Crippen LogP contribution in [0.4, 0.5) is 10.1 Å². The third kappa shape index (κ3) is 4.61. The van der Waals surface area contributed by atoms with E-state index in [0.717, 1.165) is 45.0 Å². The number of rotatable bonds is 7. The summed E-state index contributed by atoms with van der Waals surface area (Å²) in [4.78, 5) is 16.3. The Hall–Kier alpha value is -1.66. The van der Waals surface area contributed by atoms with Crippen LogP contribution in [0.1, 0.15) is 32.6 Å². The Morgan fingerprint density at radius 3 is 2.74 bits per heavy atom. The number of carbonyl (C=O) groups excluding carboxylic acids is 1. The third-order valence-electron chi connectivity index (χ3n) is 5.74. The summed E-state index contributed by atoms with van der Waals surface area (Å²) < 4.78 is 25.7. The van der Waals surface area contributed by atoms with Gasteiger partial charge in [-0.3, -0.25) is 4.79 Å². The molecule has 3 aliphatic rings. The maximum Gasteiger partial charge on any atom is 0.265 e. The van der Waals surface area contributed by atoms with Crippen molar-refractivity contribution in [3.05, 3.63) is 24.0 Å². The number of amides is 1. The molecule has 0 radical (unpaired) electrons. The fourth-order valence-electron chi connectivity index (χ4n) is 4.03. The number of fused-ring (bicyclic) bond motifs is 1. The standard InChI is InChI=1S/C21H29FN2O3/c1-15(11-23-9-7-17(8-10-23)26-13-16-5-6-16)12-24-20(25)14-27-19-4-2-3-18(22)21(19)24/h2-4,15-17H,5-14H2,1H3. The topological polar surface area (TPSA) is 42.0 Å². The Balaban J connectivity index is 1.28. The highest BCUT2D eigenvalue weighted by molar-refractivity contribution is 5.97. The summed E-state index contributed by atoms with van der Waals surface area (Å²) in [6.07, 6.45) is 5.22. The van der Waals surface area contributed by atoms with Gasteiger partial charge in [-0.1, -0.05) is 13.0 Å². The molecule has 1 unspecified atom stereocenters. The van der Waals surface area contributed by atoms with Crippen molar-refractivity contribution in [2.24, 2.45) is 11.8 Å². The van der Waals surface area contributed by atoms with Crippen LogP contribution in [0, 0.1) is 17.7 Å². The zero-order valence-electron chi connectivity index (χ0n) is 16.0. The largest absolute Gasteiger partial charge is 0.481 e. The molecule has 1 aromatic carbocycles. The van der Waals surface area contributed by atoms with E-state index in [9.17, 15) is 9.18 Å². The van der Waals surface area contributed by atoms with E-state index >= 15 is 0 Å². The Morgan fingerprint density at radius 1 is 1.22 bits per heavy atom. The number of halogens is 1. The van der Waals surface area contributed by atoms with Gasteiger partial charge in [0.15, 0.2) is 12.4 Å². The number of carbonyl (C=O) groups is 1. The molecule has 27 heavy (non-hydrogen) atoms. The lowest BCUT2D eigenvalue weighted by molar-refractivity contribution is -0.121. The number of anilines is 1. The summed E-state index contributed by atoms with van der Waals surface area (Å²) in [5, 5.41) is 0. The molecule has 2 fully saturated rings. The van der Waals surface area contributed by atoms with E-state index in [1.54, 1.807) is 17.0 Å². The van der Waals surface area contributed by atoms with Gasteiger partial charge in [0.05, 0.1) is 6.10 Å². The second-order valence-electron chi connectivity index (χ2n) is 8.26. The zero-order chi connectivity index (χ0) is 18.8. The number of hydrogen-bond acceptors (Lipinski definition) is 4. The lowest BCUT2D eigenvalue weighted by atomic mass is 10.0. The van der Waals surface area contributed by atoms with Crippen LogP contribution in [-0.2, 0) is 9.53 Å². The summed E-state index contributed by atoms with van der Waals surface area (Å²) in [5.74, 6) is 0.948. The van der Waals surface area contributed by atoms with Gasteiger partial charge in [-0.15, -0.1) is 0 Å². The lowest BCUT2D eigenvalue weighted by Crippen LogP contribution is -2.45. The molecule has 5 nitrogen and oxygen atoms in total. The maximum atomic E-state index is 14.3. The summed E-state index contributed by atoms with van der Waals surface area (Å²) >= 11 is 0. The number of ether oxygens (including phenoxy) is 2. The first kappa shape index (κ1) is 18.7. The van der Waals surface area contributed by atoms with Gasteiger partial charge in [-0.05, 0) is 49.7 Å². The van der Waals surface area contributed by atoms with Crippen LogP contribution < -0.4 is 9.64 Å². The molecule has 1 atom stereocenters. The van der Waals surface area contributed by atoms with Crippen LogP contribution >= 0.6 is 0 Å². The summed E-state index contributed by atoms with van der Waals surface area (Å²) in [6, 6.07) is 4.71. The van der Waals surface area contributed by atoms with Crippen molar-refractivity contribution in [3.8, 4) is 5.75 Å². The molecule has 1 saturated heterocycles. The average Bonchev–Trinajstić information content (AvgIpc) is 3.48. The van der Waals surface area contributed by atoms with E-state index in [2.05, 4.69) is 11.8 Å². The van der Waals surface area contributed by atoms with Gasteiger partial charge in [0.25, 0.3) is 5.91 Å². The molecule has 1 saturated carbocycles.